The molecule has 164 valence electrons. The first-order valence-corrected chi connectivity index (χ1v) is 10.8. The molecule has 0 aromatic heterocycles. The molecule has 1 saturated heterocycles. The quantitative estimate of drug-likeness (QED) is 0.677. The zero-order chi connectivity index (χ0) is 22.6. The molecule has 2 amide bonds. The van der Waals surface area contributed by atoms with Crippen LogP contribution in [0.2, 0.25) is 0 Å². The Kier molecular flexibility index (Phi) is 6.80. The molecule has 1 aliphatic heterocycles. The van der Waals surface area contributed by atoms with Gasteiger partial charge in [-0.25, -0.2) is 17.6 Å². The van der Waals surface area contributed by atoms with Crippen LogP contribution >= 0.6 is 0 Å². The molecule has 3 N–H and O–H groups in total. The van der Waals surface area contributed by atoms with Crippen molar-refractivity contribution in [2.45, 2.75) is 24.1 Å². The molecule has 1 aliphatic rings. The number of benzene rings is 2. The Balaban J connectivity index is 1.89. The van der Waals surface area contributed by atoms with Gasteiger partial charge in [0.25, 0.3) is 0 Å². The van der Waals surface area contributed by atoms with Crippen LogP contribution < -0.4 is 10.5 Å². The second-order valence-electron chi connectivity index (χ2n) is 6.74. The average molecular weight is 447 g/mol. The van der Waals surface area contributed by atoms with E-state index in [4.69, 9.17) is 10.5 Å². The van der Waals surface area contributed by atoms with Crippen molar-refractivity contribution in [3.05, 3.63) is 59.9 Å². The highest BCUT2D eigenvalue weighted by Crippen LogP contribution is 2.33. The lowest BCUT2D eigenvalue weighted by atomic mass is 10.0. The number of rotatable bonds is 5. The van der Waals surface area contributed by atoms with Crippen molar-refractivity contribution in [1.29, 1.82) is 0 Å². The summed E-state index contributed by atoms with van der Waals surface area (Å²) in [5.74, 6) is 5.37. The summed E-state index contributed by atoms with van der Waals surface area (Å²) in [6, 6.07) is 8.89. The van der Waals surface area contributed by atoms with Gasteiger partial charge in [-0.15, -0.1) is 5.92 Å². The molecule has 8 nitrogen and oxygen atoms in total. The molecule has 0 aliphatic carbocycles. The largest absolute Gasteiger partial charge is 0.481 e. The third-order valence-corrected chi connectivity index (χ3v) is 6.77. The highest BCUT2D eigenvalue weighted by atomic mass is 32.2. The highest BCUT2D eigenvalue weighted by molar-refractivity contribution is 7.89. The average Bonchev–Trinajstić information content (AvgIpc) is 2.74. The molecule has 0 saturated carbocycles. The number of urea groups is 1. The molecular formula is C21H22FN3O5S. The van der Waals surface area contributed by atoms with Gasteiger partial charge < -0.3 is 20.5 Å². The lowest BCUT2D eigenvalue weighted by Crippen LogP contribution is -2.59. The number of aliphatic hydroxyl groups excluding tert-OH is 1. The van der Waals surface area contributed by atoms with Crippen LogP contribution in [0.15, 0.2) is 53.4 Å². The first-order valence-electron chi connectivity index (χ1n) is 9.39. The van der Waals surface area contributed by atoms with Gasteiger partial charge in [0.05, 0.1) is 10.9 Å². The second kappa shape index (κ2) is 9.34. The van der Waals surface area contributed by atoms with Crippen molar-refractivity contribution in [3.63, 3.8) is 0 Å². The summed E-state index contributed by atoms with van der Waals surface area (Å²) < 4.78 is 46.0. The first-order chi connectivity index (χ1) is 14.8. The van der Waals surface area contributed by atoms with Crippen molar-refractivity contribution in [2.75, 3.05) is 19.7 Å². The lowest BCUT2D eigenvalue weighted by Gasteiger charge is -2.43. The van der Waals surface area contributed by atoms with Gasteiger partial charge in [0.2, 0.25) is 10.0 Å². The molecule has 0 bridgehead atoms. The maximum atomic E-state index is 13.3. The number of hydrogen-bond acceptors (Lipinski definition) is 5. The van der Waals surface area contributed by atoms with Gasteiger partial charge in [-0.1, -0.05) is 18.1 Å². The fraction of sp³-hybridized carbons (Fsp3) is 0.286. The summed E-state index contributed by atoms with van der Waals surface area (Å²) >= 11 is 0. The van der Waals surface area contributed by atoms with Gasteiger partial charge in [-0.3, -0.25) is 0 Å². The Morgan fingerprint density at radius 1 is 1.19 bits per heavy atom. The van der Waals surface area contributed by atoms with Crippen molar-refractivity contribution in [2.24, 2.45) is 5.73 Å². The van der Waals surface area contributed by atoms with Crippen molar-refractivity contribution in [1.82, 2.24) is 9.21 Å². The number of nitrogens with two attached hydrogens (primary N) is 1. The number of carbonyl (C=O) groups is 1. The van der Waals surface area contributed by atoms with Crippen LogP contribution in [0.4, 0.5) is 9.18 Å². The Labute approximate surface area is 180 Å². The first kappa shape index (κ1) is 22.6. The minimum atomic E-state index is -4.10. The molecule has 10 heteroatoms. The third kappa shape index (κ3) is 4.80. The van der Waals surface area contributed by atoms with Crippen molar-refractivity contribution < 1.29 is 27.4 Å². The van der Waals surface area contributed by atoms with Gasteiger partial charge in [0.15, 0.2) is 0 Å². The fourth-order valence-corrected chi connectivity index (χ4v) is 4.83. The van der Waals surface area contributed by atoms with E-state index in [1.165, 1.54) is 36.4 Å². The standard InChI is InChI=1S/C21H22FN3O5S/c1-2-3-14-30-17-8-10-18(11-9-17)31(28,29)25-13-12-24(21(23)27)19(20(25)26)15-4-6-16(22)7-5-15/h4-11,19-20,26H,12-14H2,1H3,(H2,23,27). The summed E-state index contributed by atoms with van der Waals surface area (Å²) in [6.07, 6.45) is -1.62. The Hall–Kier alpha value is -3.13. The number of hydrogen-bond donors (Lipinski definition) is 2. The van der Waals surface area contributed by atoms with Crippen LogP contribution in [0.1, 0.15) is 18.5 Å². The molecule has 31 heavy (non-hydrogen) atoms. The molecule has 2 unspecified atom stereocenters. The number of nitrogens with zero attached hydrogens (tertiary/aromatic N) is 2. The summed E-state index contributed by atoms with van der Waals surface area (Å²) in [6.45, 7) is 1.66. The van der Waals surface area contributed by atoms with Gasteiger partial charge in [0, 0.05) is 13.1 Å². The van der Waals surface area contributed by atoms with E-state index in [-0.39, 0.29) is 24.6 Å². The predicted octanol–water partition coefficient (Wildman–Crippen LogP) is 1.67. The molecular weight excluding hydrogens is 425 g/mol. The number of ether oxygens (including phenoxy) is 1. The van der Waals surface area contributed by atoms with Crippen molar-refractivity contribution in [3.8, 4) is 17.6 Å². The number of aliphatic hydroxyl groups is 1. The topological polar surface area (TPSA) is 113 Å². The van der Waals surface area contributed by atoms with Crippen LogP contribution in [0.5, 0.6) is 5.75 Å². The normalized spacial score (nSPS) is 19.4. The van der Waals surface area contributed by atoms with Crippen LogP contribution in [-0.4, -0.2) is 54.7 Å². The van der Waals surface area contributed by atoms with E-state index in [1.54, 1.807) is 6.92 Å². The number of halogens is 1. The van der Waals surface area contributed by atoms with Crippen LogP contribution in [0.3, 0.4) is 0 Å². The van der Waals surface area contributed by atoms with E-state index in [0.717, 1.165) is 21.3 Å². The van der Waals surface area contributed by atoms with E-state index in [0.29, 0.717) is 11.3 Å². The van der Waals surface area contributed by atoms with E-state index in [2.05, 4.69) is 11.8 Å². The minimum Gasteiger partial charge on any atom is -0.481 e. The summed E-state index contributed by atoms with van der Waals surface area (Å²) in [5.41, 5.74) is 5.78. The third-order valence-electron chi connectivity index (χ3n) is 4.89. The molecule has 1 heterocycles. The SMILES string of the molecule is CC#CCOc1ccc(S(=O)(=O)N2CCN(C(N)=O)C(c3ccc(F)cc3)C2O)cc1. The maximum absolute atomic E-state index is 13.3. The van der Waals surface area contributed by atoms with E-state index < -0.39 is 34.1 Å². The zero-order valence-electron chi connectivity index (χ0n) is 16.7. The van der Waals surface area contributed by atoms with Crippen molar-refractivity contribution >= 4 is 16.1 Å². The minimum absolute atomic E-state index is 0.0372. The van der Waals surface area contributed by atoms with E-state index >= 15 is 0 Å². The summed E-state index contributed by atoms with van der Waals surface area (Å²) in [5, 5.41) is 10.9. The maximum Gasteiger partial charge on any atom is 0.315 e. The van der Waals surface area contributed by atoms with Gasteiger partial charge >= 0.3 is 6.03 Å². The highest BCUT2D eigenvalue weighted by Gasteiger charge is 2.43. The Bertz CT molecular complexity index is 1090. The number of primary amides is 1. The Morgan fingerprint density at radius 3 is 2.42 bits per heavy atom. The predicted molar refractivity (Wildman–Crippen MR) is 111 cm³/mol. The molecule has 0 spiro atoms. The lowest BCUT2D eigenvalue weighted by molar-refractivity contribution is -0.0402. The van der Waals surface area contributed by atoms with Gasteiger partial charge in [-0.05, 0) is 48.9 Å². The molecule has 2 atom stereocenters. The Morgan fingerprint density at radius 2 is 1.84 bits per heavy atom. The number of carbonyl (C=O) groups excluding carboxylic acids is 1. The van der Waals surface area contributed by atoms with E-state index in [1.807, 2.05) is 0 Å². The molecule has 1 fully saturated rings. The molecule has 2 aromatic carbocycles. The molecule has 2 aromatic rings. The molecule has 0 radical (unpaired) electrons. The van der Waals surface area contributed by atoms with Crippen LogP contribution in [0.25, 0.3) is 0 Å². The zero-order valence-corrected chi connectivity index (χ0v) is 17.5. The summed E-state index contributed by atoms with van der Waals surface area (Å²) in [7, 11) is -4.10. The summed E-state index contributed by atoms with van der Waals surface area (Å²) in [4.78, 5) is 13.0. The fourth-order valence-electron chi connectivity index (χ4n) is 3.35. The molecule has 3 rings (SSSR count). The number of sulfonamides is 1. The van der Waals surface area contributed by atoms with Gasteiger partial charge in [-0.2, -0.15) is 4.31 Å². The van der Waals surface area contributed by atoms with E-state index in [9.17, 15) is 22.7 Å². The monoisotopic (exact) mass is 447 g/mol. The second-order valence-corrected chi connectivity index (χ2v) is 8.63. The van der Waals surface area contributed by atoms with Crippen LogP contribution in [0, 0.1) is 17.7 Å². The van der Waals surface area contributed by atoms with Crippen LogP contribution in [-0.2, 0) is 10.0 Å². The number of amides is 2. The van der Waals surface area contributed by atoms with Gasteiger partial charge in [0.1, 0.15) is 24.4 Å². The smallest absolute Gasteiger partial charge is 0.315 e. The number of piperazine rings is 1.